The first-order chi connectivity index (χ1) is 13.5. The number of carbonyl (C=O) groups is 1. The molecule has 0 radical (unpaired) electrons. The predicted octanol–water partition coefficient (Wildman–Crippen LogP) is 1.75. The van der Waals surface area contributed by atoms with Crippen LogP contribution in [0.1, 0.15) is 25.3 Å². The Morgan fingerprint density at radius 1 is 1.18 bits per heavy atom. The van der Waals surface area contributed by atoms with E-state index in [-0.39, 0.29) is 31.2 Å². The zero-order chi connectivity index (χ0) is 19.9. The minimum absolute atomic E-state index is 0.0866. The second kappa shape index (κ2) is 8.98. The highest BCUT2D eigenvalue weighted by Crippen LogP contribution is 2.18. The molecule has 0 aliphatic carbocycles. The van der Waals surface area contributed by atoms with Crippen molar-refractivity contribution in [2.75, 3.05) is 13.2 Å². The van der Waals surface area contributed by atoms with E-state index in [0.717, 1.165) is 0 Å². The predicted molar refractivity (Wildman–Crippen MR) is 105 cm³/mol. The van der Waals surface area contributed by atoms with Gasteiger partial charge in [-0.25, -0.2) is 9.36 Å². The number of rotatable bonds is 8. The molecule has 0 aliphatic rings. The van der Waals surface area contributed by atoms with Crippen molar-refractivity contribution in [1.82, 2.24) is 24.9 Å². The van der Waals surface area contributed by atoms with Crippen molar-refractivity contribution in [1.29, 1.82) is 0 Å². The maximum absolute atomic E-state index is 12.0. The van der Waals surface area contributed by atoms with E-state index in [1.54, 1.807) is 29.2 Å². The topological polar surface area (TPSA) is 91.0 Å². The van der Waals surface area contributed by atoms with Crippen molar-refractivity contribution in [3.05, 3.63) is 70.8 Å². The number of nitrogens with one attached hydrogen (secondary N) is 1. The summed E-state index contributed by atoms with van der Waals surface area (Å²) >= 11 is 0. The summed E-state index contributed by atoms with van der Waals surface area (Å²) in [6, 6.07) is 12.5. The first-order valence-corrected chi connectivity index (χ1v) is 9.10. The molecule has 8 nitrogen and oxygen atoms in total. The molecule has 0 saturated carbocycles. The molecule has 8 heteroatoms. The van der Waals surface area contributed by atoms with Gasteiger partial charge in [0, 0.05) is 25.0 Å². The molecule has 0 bridgehead atoms. The number of hydrogen-bond acceptors (Lipinski definition) is 5. The van der Waals surface area contributed by atoms with Crippen LogP contribution in [-0.4, -0.2) is 38.6 Å². The molecule has 2 heterocycles. The Balaban J connectivity index is 1.47. The third kappa shape index (κ3) is 5.06. The summed E-state index contributed by atoms with van der Waals surface area (Å²) in [6.07, 6.45) is 3.37. The second-order valence-electron chi connectivity index (χ2n) is 6.57. The van der Waals surface area contributed by atoms with Gasteiger partial charge in [0.1, 0.15) is 5.75 Å². The average Bonchev–Trinajstić information content (AvgIpc) is 3.23. The molecule has 1 N–H and O–H groups in total. The number of benzene rings is 1. The molecule has 1 aromatic carbocycles. The van der Waals surface area contributed by atoms with E-state index < -0.39 is 0 Å². The number of hydrogen-bond donors (Lipinski definition) is 1. The van der Waals surface area contributed by atoms with Crippen LogP contribution in [0.4, 0.5) is 0 Å². The van der Waals surface area contributed by atoms with E-state index in [0.29, 0.717) is 17.5 Å². The van der Waals surface area contributed by atoms with Crippen LogP contribution >= 0.6 is 0 Å². The number of nitrogens with zero attached hydrogens (tertiary/aromatic N) is 4. The van der Waals surface area contributed by atoms with Gasteiger partial charge in [-0.05, 0) is 35.7 Å². The Bertz CT molecular complexity index is 962. The van der Waals surface area contributed by atoms with Crippen LogP contribution in [0.2, 0.25) is 0 Å². The highest BCUT2D eigenvalue weighted by molar-refractivity contribution is 5.77. The first-order valence-electron chi connectivity index (χ1n) is 9.10. The molecule has 0 atom stereocenters. The number of amides is 1. The van der Waals surface area contributed by atoms with E-state index in [1.807, 2.05) is 24.3 Å². The van der Waals surface area contributed by atoms with Gasteiger partial charge in [-0.3, -0.25) is 9.59 Å². The summed E-state index contributed by atoms with van der Waals surface area (Å²) in [5.41, 5.74) is 0.971. The SMILES string of the molecule is CC(C)c1ccc(OCC(=O)NCCn2nc(-n3cccn3)ccc2=O)cc1. The van der Waals surface area contributed by atoms with Crippen LogP contribution in [0.25, 0.3) is 5.82 Å². The van der Waals surface area contributed by atoms with Crippen molar-refractivity contribution in [2.45, 2.75) is 26.3 Å². The fourth-order valence-corrected chi connectivity index (χ4v) is 2.57. The smallest absolute Gasteiger partial charge is 0.266 e. The highest BCUT2D eigenvalue weighted by Gasteiger charge is 2.06. The van der Waals surface area contributed by atoms with Gasteiger partial charge in [-0.2, -0.15) is 5.10 Å². The lowest BCUT2D eigenvalue weighted by molar-refractivity contribution is -0.123. The van der Waals surface area contributed by atoms with Crippen LogP contribution in [0.15, 0.2) is 59.7 Å². The van der Waals surface area contributed by atoms with E-state index in [1.165, 1.54) is 16.3 Å². The maximum Gasteiger partial charge on any atom is 0.266 e. The van der Waals surface area contributed by atoms with Gasteiger partial charge in [0.2, 0.25) is 0 Å². The van der Waals surface area contributed by atoms with E-state index >= 15 is 0 Å². The fraction of sp³-hybridized carbons (Fsp3) is 0.300. The minimum atomic E-state index is -0.260. The van der Waals surface area contributed by atoms with Crippen LogP contribution in [0.5, 0.6) is 5.75 Å². The van der Waals surface area contributed by atoms with E-state index in [9.17, 15) is 9.59 Å². The second-order valence-corrected chi connectivity index (χ2v) is 6.57. The molecule has 0 spiro atoms. The lowest BCUT2D eigenvalue weighted by Crippen LogP contribution is -2.34. The lowest BCUT2D eigenvalue weighted by atomic mass is 10.0. The summed E-state index contributed by atoms with van der Waals surface area (Å²) in [7, 11) is 0. The molecule has 3 aromatic rings. The molecule has 28 heavy (non-hydrogen) atoms. The monoisotopic (exact) mass is 381 g/mol. The van der Waals surface area contributed by atoms with Crippen molar-refractivity contribution in [2.24, 2.45) is 0 Å². The highest BCUT2D eigenvalue weighted by atomic mass is 16.5. The number of aromatic nitrogens is 4. The zero-order valence-electron chi connectivity index (χ0n) is 15.9. The maximum atomic E-state index is 12.0. The third-order valence-corrected chi connectivity index (χ3v) is 4.15. The van der Waals surface area contributed by atoms with Gasteiger partial charge in [-0.15, -0.1) is 5.10 Å². The van der Waals surface area contributed by atoms with Crippen LogP contribution in [-0.2, 0) is 11.3 Å². The average molecular weight is 381 g/mol. The van der Waals surface area contributed by atoms with Crippen molar-refractivity contribution < 1.29 is 9.53 Å². The molecule has 0 aliphatic heterocycles. The van der Waals surface area contributed by atoms with Crippen LogP contribution in [0, 0.1) is 0 Å². The Morgan fingerprint density at radius 2 is 1.96 bits per heavy atom. The minimum Gasteiger partial charge on any atom is -0.484 e. The molecule has 0 unspecified atom stereocenters. The largest absolute Gasteiger partial charge is 0.484 e. The first kappa shape index (κ1) is 19.3. The standard InChI is InChI=1S/C20H23N5O3/c1-15(2)16-4-6-17(7-5-16)28-14-19(26)21-11-13-25-20(27)9-8-18(23-25)24-12-3-10-22-24/h3-10,12,15H,11,13-14H2,1-2H3,(H,21,26). The van der Waals surface area contributed by atoms with Gasteiger partial charge < -0.3 is 10.1 Å². The quantitative estimate of drug-likeness (QED) is 0.642. The van der Waals surface area contributed by atoms with Gasteiger partial charge in [0.15, 0.2) is 12.4 Å². The van der Waals surface area contributed by atoms with Gasteiger partial charge >= 0.3 is 0 Å². The molecular formula is C20H23N5O3. The van der Waals surface area contributed by atoms with Gasteiger partial charge in [0.05, 0.1) is 6.54 Å². The lowest BCUT2D eigenvalue weighted by Gasteiger charge is -2.10. The molecule has 3 rings (SSSR count). The summed E-state index contributed by atoms with van der Waals surface area (Å²) in [5.74, 6) is 1.36. The molecule has 1 amide bonds. The Labute approximate surface area is 162 Å². The molecule has 146 valence electrons. The number of ether oxygens (including phenoxy) is 1. The molecule has 2 aromatic heterocycles. The summed E-state index contributed by atoms with van der Waals surface area (Å²) < 4.78 is 8.35. The molecular weight excluding hydrogens is 358 g/mol. The van der Waals surface area contributed by atoms with Crippen molar-refractivity contribution in [3.8, 4) is 11.6 Å². The van der Waals surface area contributed by atoms with E-state index in [4.69, 9.17) is 4.74 Å². The third-order valence-electron chi connectivity index (χ3n) is 4.15. The van der Waals surface area contributed by atoms with Gasteiger partial charge in [-0.1, -0.05) is 26.0 Å². The van der Waals surface area contributed by atoms with Crippen molar-refractivity contribution >= 4 is 5.91 Å². The van der Waals surface area contributed by atoms with Crippen LogP contribution in [0.3, 0.4) is 0 Å². The van der Waals surface area contributed by atoms with Crippen LogP contribution < -0.4 is 15.6 Å². The Morgan fingerprint density at radius 3 is 2.64 bits per heavy atom. The molecule has 0 fully saturated rings. The fourth-order valence-electron chi connectivity index (χ4n) is 2.57. The molecule has 0 saturated heterocycles. The van der Waals surface area contributed by atoms with Gasteiger partial charge in [0.25, 0.3) is 11.5 Å². The summed E-state index contributed by atoms with van der Waals surface area (Å²) in [4.78, 5) is 23.9. The summed E-state index contributed by atoms with van der Waals surface area (Å²) in [5, 5.41) is 11.1. The normalized spacial score (nSPS) is 10.8. The zero-order valence-corrected chi connectivity index (χ0v) is 15.9. The Hall–Kier alpha value is -3.42. The Kier molecular flexibility index (Phi) is 6.21. The van der Waals surface area contributed by atoms with E-state index in [2.05, 4.69) is 29.4 Å². The van der Waals surface area contributed by atoms with Crippen molar-refractivity contribution in [3.63, 3.8) is 0 Å². The summed E-state index contributed by atoms with van der Waals surface area (Å²) in [6.45, 7) is 4.67. The number of carbonyl (C=O) groups excluding carboxylic acids is 1.